The van der Waals surface area contributed by atoms with Crippen molar-refractivity contribution >= 4 is 52.8 Å². The van der Waals surface area contributed by atoms with Crippen molar-refractivity contribution in [3.8, 4) is 28.7 Å². The molecule has 4 aromatic carbocycles. The summed E-state index contributed by atoms with van der Waals surface area (Å²) in [5, 5.41) is 0. The number of nitrogen functional groups attached to an aromatic ring is 1. The van der Waals surface area contributed by atoms with Crippen LogP contribution in [0.3, 0.4) is 0 Å². The number of hydrogen-bond acceptors (Lipinski definition) is 11. The highest BCUT2D eigenvalue weighted by Gasteiger charge is 2.33. The maximum atomic E-state index is 13.7. The molecule has 0 spiro atoms. The van der Waals surface area contributed by atoms with Gasteiger partial charge in [-0.25, -0.2) is 0 Å². The van der Waals surface area contributed by atoms with E-state index in [-0.39, 0.29) is 18.0 Å². The summed E-state index contributed by atoms with van der Waals surface area (Å²) in [6.45, 7) is 4.59. The number of benzene rings is 4. The molecule has 0 fully saturated rings. The minimum absolute atomic E-state index is 0.0105. The van der Waals surface area contributed by atoms with Gasteiger partial charge in [0.05, 0.1) is 63.6 Å². The summed E-state index contributed by atoms with van der Waals surface area (Å²) in [6.07, 6.45) is 10.3. The second-order valence-corrected chi connectivity index (χ2v) is 13.4. The smallest absolute Gasteiger partial charge is 0.260 e. The molecule has 2 unspecified atom stereocenters. The van der Waals surface area contributed by atoms with Crippen molar-refractivity contribution in [3.63, 3.8) is 0 Å². The van der Waals surface area contributed by atoms with Crippen LogP contribution in [0.15, 0.2) is 95.2 Å². The van der Waals surface area contributed by atoms with Crippen LogP contribution in [0.4, 0.5) is 17.1 Å². The monoisotopic (exact) mass is 771 g/mol. The molecule has 2 atom stereocenters. The van der Waals surface area contributed by atoms with E-state index in [1.807, 2.05) is 88.1 Å². The molecule has 0 aromatic heterocycles. The molecule has 0 radical (unpaired) electrons. The summed E-state index contributed by atoms with van der Waals surface area (Å²) in [7, 11) is 6.70. The van der Waals surface area contributed by atoms with E-state index in [4.69, 9.17) is 39.4 Å². The Hall–Kier alpha value is -6.56. The van der Waals surface area contributed by atoms with Crippen LogP contribution in [-0.2, 0) is 0 Å². The van der Waals surface area contributed by atoms with Gasteiger partial charge in [-0.2, -0.15) is 0 Å². The number of fused-ring (bicyclic) bond motifs is 2. The molecule has 0 aliphatic carbocycles. The fourth-order valence-electron chi connectivity index (χ4n) is 6.82. The van der Waals surface area contributed by atoms with Gasteiger partial charge in [0, 0.05) is 68.1 Å². The number of anilines is 1. The summed E-state index contributed by atoms with van der Waals surface area (Å²) in [5.74, 6) is 2.40. The fourth-order valence-corrected chi connectivity index (χ4v) is 6.82. The highest BCUT2D eigenvalue weighted by molar-refractivity contribution is 6.05. The predicted octanol–water partition coefficient (Wildman–Crippen LogP) is 8.40. The van der Waals surface area contributed by atoms with Crippen molar-refractivity contribution < 1.29 is 33.3 Å². The number of methoxy groups -OCH3 is 3. The lowest BCUT2D eigenvalue weighted by atomic mass is 10.0. The number of hydrogen-bond donors (Lipinski definition) is 1. The zero-order valence-corrected chi connectivity index (χ0v) is 33.2. The second kappa shape index (κ2) is 18.4. The molecule has 12 heteroatoms. The molecule has 12 nitrogen and oxygen atoms in total. The Morgan fingerprint density at radius 3 is 2.09 bits per heavy atom. The van der Waals surface area contributed by atoms with E-state index in [2.05, 4.69) is 11.1 Å². The lowest BCUT2D eigenvalue weighted by Gasteiger charge is -2.19. The van der Waals surface area contributed by atoms with Gasteiger partial charge in [0.1, 0.15) is 5.75 Å². The number of nitrogens with zero attached hydrogens (tertiary/aromatic N) is 4. The molecule has 3 aliphatic heterocycles. The van der Waals surface area contributed by atoms with Crippen LogP contribution in [0.5, 0.6) is 28.7 Å². The lowest BCUT2D eigenvalue weighted by molar-refractivity contribution is 0.0817. The van der Waals surface area contributed by atoms with Crippen molar-refractivity contribution in [1.29, 1.82) is 0 Å². The number of aliphatic imine (C=N–C) groups is 2. The number of rotatable bonds is 14. The first-order valence-electron chi connectivity index (χ1n) is 19.0. The second-order valence-electron chi connectivity index (χ2n) is 13.4. The predicted molar refractivity (Wildman–Crippen MR) is 225 cm³/mol. The molecule has 0 bridgehead atoms. The third-order valence-electron chi connectivity index (χ3n) is 9.90. The molecule has 3 heterocycles. The molecule has 4 aromatic rings. The van der Waals surface area contributed by atoms with Crippen LogP contribution in [0.25, 0.3) is 11.1 Å². The topological polar surface area (TPSA) is 138 Å². The molecular formula is C45H49N5O7. The van der Waals surface area contributed by atoms with E-state index >= 15 is 0 Å². The van der Waals surface area contributed by atoms with Gasteiger partial charge in [-0.05, 0) is 65.1 Å². The minimum atomic E-state index is -0.206. The van der Waals surface area contributed by atoms with Crippen molar-refractivity contribution in [2.75, 3.05) is 47.3 Å². The zero-order valence-electron chi connectivity index (χ0n) is 33.2. The zero-order chi connectivity index (χ0) is 40.5. The van der Waals surface area contributed by atoms with Crippen LogP contribution < -0.4 is 29.4 Å². The molecular weight excluding hydrogens is 723 g/mol. The fraction of sp³-hybridized carbons (Fsp3) is 0.289. The lowest BCUT2D eigenvalue weighted by Crippen LogP contribution is -2.32. The Bertz CT molecular complexity index is 2200. The van der Waals surface area contributed by atoms with Crippen molar-refractivity contribution in [3.05, 3.63) is 107 Å². The van der Waals surface area contributed by atoms with E-state index in [9.17, 15) is 9.59 Å². The molecule has 1 amide bonds. The van der Waals surface area contributed by atoms with Gasteiger partial charge in [-0.3, -0.25) is 19.6 Å². The summed E-state index contributed by atoms with van der Waals surface area (Å²) in [4.78, 5) is 39.0. The number of carbonyl (C=O) groups excluding carboxylic acids is 2. The number of amides is 1. The Labute approximate surface area is 333 Å². The van der Waals surface area contributed by atoms with Crippen molar-refractivity contribution in [2.45, 2.75) is 45.2 Å². The van der Waals surface area contributed by atoms with E-state index in [0.29, 0.717) is 71.6 Å². The minimum Gasteiger partial charge on any atom is -0.497 e. The number of ether oxygens (including phenoxy) is 5. The van der Waals surface area contributed by atoms with Crippen LogP contribution in [0.2, 0.25) is 0 Å². The SMILES string of the molecule is CC.COc1ccc(C2=CN3C(=O)c4cc(OC)c(OCCCOc5cc(N=CC6CC(c7ccc(N)cc7)=CN6C)c(C=O)cc5OC)cc4N=CC3C2)cc1. The molecule has 0 saturated heterocycles. The first-order valence-corrected chi connectivity index (χ1v) is 19.0. The quantitative estimate of drug-likeness (QED) is 0.0580. The van der Waals surface area contributed by atoms with Gasteiger partial charge < -0.3 is 39.2 Å². The summed E-state index contributed by atoms with van der Waals surface area (Å²) in [6, 6.07) is 22.2. The van der Waals surface area contributed by atoms with Crippen molar-refractivity contribution in [1.82, 2.24) is 9.80 Å². The number of nitrogens with two attached hydrogens (primary N) is 1. The van der Waals surface area contributed by atoms with Gasteiger partial charge in [0.15, 0.2) is 29.3 Å². The first-order chi connectivity index (χ1) is 27.8. The van der Waals surface area contributed by atoms with Gasteiger partial charge >= 0.3 is 0 Å². The maximum absolute atomic E-state index is 13.7. The van der Waals surface area contributed by atoms with E-state index < -0.39 is 0 Å². The van der Waals surface area contributed by atoms with Gasteiger partial charge in [0.25, 0.3) is 5.91 Å². The standard InChI is InChI=1S/C43H43N5O7.C2H6/c1-47-24-29(27-6-10-32(44)11-7-27)16-33(47)22-45-37-20-41(39(52-3)18-31(37)26-49)54-14-5-15-55-42-21-38-36(19-40(42)53-4)43(50)48-25-30(17-34(48)23-46-38)28-8-12-35(51-2)13-9-28;1-2/h6-13,18-26,33-34H,5,14-17,44H2,1-4H3;1-2H3. The number of aldehydes is 1. The molecule has 7 rings (SSSR count). The van der Waals surface area contributed by atoms with Crippen LogP contribution in [0.1, 0.15) is 65.0 Å². The van der Waals surface area contributed by atoms with Gasteiger partial charge in [-0.1, -0.05) is 38.1 Å². The van der Waals surface area contributed by atoms with Gasteiger partial charge in [-0.15, -0.1) is 0 Å². The van der Waals surface area contributed by atoms with E-state index in [1.165, 1.54) is 19.8 Å². The molecule has 57 heavy (non-hydrogen) atoms. The molecule has 2 N–H and O–H groups in total. The van der Waals surface area contributed by atoms with Crippen LogP contribution in [0, 0.1) is 0 Å². The summed E-state index contributed by atoms with van der Waals surface area (Å²) in [5.41, 5.74) is 12.8. The number of carbonyl (C=O) groups is 2. The highest BCUT2D eigenvalue weighted by Crippen LogP contribution is 2.40. The third-order valence-corrected chi connectivity index (χ3v) is 9.90. The largest absolute Gasteiger partial charge is 0.497 e. The average Bonchev–Trinajstić information content (AvgIpc) is 3.82. The first kappa shape index (κ1) is 40.1. The van der Waals surface area contributed by atoms with Gasteiger partial charge in [0.2, 0.25) is 0 Å². The van der Waals surface area contributed by atoms with E-state index in [0.717, 1.165) is 40.8 Å². The highest BCUT2D eigenvalue weighted by atomic mass is 16.5. The Morgan fingerprint density at radius 2 is 1.44 bits per heavy atom. The Morgan fingerprint density at radius 1 is 0.807 bits per heavy atom. The average molecular weight is 772 g/mol. The molecule has 296 valence electrons. The third kappa shape index (κ3) is 8.96. The summed E-state index contributed by atoms with van der Waals surface area (Å²) < 4.78 is 28.7. The van der Waals surface area contributed by atoms with E-state index in [1.54, 1.807) is 36.3 Å². The Kier molecular flexibility index (Phi) is 12.9. The maximum Gasteiger partial charge on any atom is 0.260 e. The Balaban J connectivity index is 0.00000270. The summed E-state index contributed by atoms with van der Waals surface area (Å²) >= 11 is 0. The van der Waals surface area contributed by atoms with Crippen LogP contribution >= 0.6 is 0 Å². The van der Waals surface area contributed by atoms with Crippen molar-refractivity contribution in [2.24, 2.45) is 9.98 Å². The van der Waals surface area contributed by atoms with Crippen LogP contribution in [-0.4, -0.2) is 88.1 Å². The molecule has 0 saturated carbocycles. The normalized spacial score (nSPS) is 16.8. The molecule has 3 aliphatic rings.